The van der Waals surface area contributed by atoms with Gasteiger partial charge in [-0.15, -0.1) is 0 Å². The maximum atomic E-state index is 9.93. The molecule has 0 aliphatic carbocycles. The molecular weight excluding hydrogens is 144 g/mol. The summed E-state index contributed by atoms with van der Waals surface area (Å²) < 4.78 is 0. The van der Waals surface area contributed by atoms with Crippen LogP contribution in [0.25, 0.3) is 0 Å². The van der Waals surface area contributed by atoms with Crippen molar-refractivity contribution in [1.82, 2.24) is 5.32 Å². The molecule has 11 heavy (non-hydrogen) atoms. The number of hydrogen-bond donors (Lipinski definition) is 1. The highest BCUT2D eigenvalue weighted by molar-refractivity contribution is 5.73. The summed E-state index contributed by atoms with van der Waals surface area (Å²) in [5.41, 5.74) is 0.570. The van der Waals surface area contributed by atoms with Gasteiger partial charge in [-0.3, -0.25) is 4.79 Å². The minimum Gasteiger partial charge on any atom is -0.399 e. The highest BCUT2D eigenvalue weighted by atomic mass is 16.6. The molecule has 0 saturated carbocycles. The van der Waals surface area contributed by atoms with Crippen LogP contribution in [0.4, 0.5) is 0 Å². The normalized spacial score (nSPS) is 11.2. The molecule has 1 N–H and O–H groups in total. The highest BCUT2D eigenvalue weighted by Gasteiger charge is 1.83. The lowest BCUT2D eigenvalue weighted by Crippen LogP contribution is -2.07. The van der Waals surface area contributed by atoms with E-state index in [2.05, 4.69) is 21.9 Å². The zero-order chi connectivity index (χ0) is 8.53. The number of nitrogens with one attached hydrogen (secondary N) is 1. The van der Waals surface area contributed by atoms with Crippen molar-refractivity contribution in [2.75, 3.05) is 7.11 Å². The van der Waals surface area contributed by atoms with Gasteiger partial charge in [-0.2, -0.15) is 0 Å². The van der Waals surface area contributed by atoms with E-state index in [0.717, 1.165) is 0 Å². The Kier molecular flexibility index (Phi) is 5.60. The molecule has 0 spiro atoms. The first-order valence-corrected chi connectivity index (χ1v) is 2.94. The monoisotopic (exact) mass is 154 g/mol. The Labute approximate surface area is 65.2 Å². The van der Waals surface area contributed by atoms with Gasteiger partial charge in [0, 0.05) is 5.70 Å². The zero-order valence-electron chi connectivity index (χ0n) is 6.28. The van der Waals surface area contributed by atoms with Gasteiger partial charge < -0.3 is 10.2 Å². The third kappa shape index (κ3) is 4.90. The summed E-state index contributed by atoms with van der Waals surface area (Å²) in [5, 5.41) is 5.84. The van der Waals surface area contributed by atoms with E-state index in [-0.39, 0.29) is 0 Å². The Morgan fingerprint density at radius 1 is 1.73 bits per heavy atom. The van der Waals surface area contributed by atoms with Crippen LogP contribution in [0, 0.1) is 0 Å². The lowest BCUT2D eigenvalue weighted by molar-refractivity contribution is -0.108. The van der Waals surface area contributed by atoms with Gasteiger partial charge in [0.05, 0.1) is 6.21 Å². The molecule has 0 radical (unpaired) electrons. The van der Waals surface area contributed by atoms with Crippen molar-refractivity contribution in [2.24, 2.45) is 5.16 Å². The summed E-state index contributed by atoms with van der Waals surface area (Å²) in [7, 11) is 1.44. The summed E-state index contributed by atoms with van der Waals surface area (Å²) in [6.45, 7) is 3.47. The van der Waals surface area contributed by atoms with E-state index in [4.69, 9.17) is 0 Å². The molecule has 0 rings (SSSR count). The van der Waals surface area contributed by atoms with Crippen LogP contribution >= 0.6 is 0 Å². The van der Waals surface area contributed by atoms with Crippen LogP contribution in [0.1, 0.15) is 0 Å². The Morgan fingerprint density at radius 2 is 2.45 bits per heavy atom. The Morgan fingerprint density at radius 3 is 2.91 bits per heavy atom. The van der Waals surface area contributed by atoms with Crippen molar-refractivity contribution in [3.63, 3.8) is 0 Å². The summed E-state index contributed by atoms with van der Waals surface area (Å²) in [5.74, 6) is 0. The van der Waals surface area contributed by atoms with Gasteiger partial charge in [-0.1, -0.05) is 11.7 Å². The molecule has 0 saturated heterocycles. The Balaban J connectivity index is 3.99. The second kappa shape index (κ2) is 6.54. The van der Waals surface area contributed by atoms with E-state index >= 15 is 0 Å². The maximum absolute atomic E-state index is 9.93. The quantitative estimate of drug-likeness (QED) is 0.270. The number of carbonyl (C=O) groups excluding carboxylic acids is 1. The van der Waals surface area contributed by atoms with Crippen LogP contribution in [0.3, 0.4) is 0 Å². The molecule has 0 fully saturated rings. The third-order valence-electron chi connectivity index (χ3n) is 0.866. The Bertz CT molecular complexity index is 185. The van der Waals surface area contributed by atoms with E-state index in [0.29, 0.717) is 12.1 Å². The van der Waals surface area contributed by atoms with Gasteiger partial charge in [-0.25, -0.2) is 0 Å². The second-order valence-corrected chi connectivity index (χ2v) is 1.53. The van der Waals surface area contributed by atoms with Crippen LogP contribution in [0.15, 0.2) is 29.6 Å². The molecule has 0 aliphatic rings. The average molecular weight is 154 g/mol. The highest BCUT2D eigenvalue weighted by Crippen LogP contribution is 1.85. The minimum atomic E-state index is 0.564. The van der Waals surface area contributed by atoms with E-state index < -0.39 is 0 Å². The predicted octanol–water partition coefficient (Wildman–Crippen LogP) is 0.434. The summed E-state index contributed by atoms with van der Waals surface area (Å²) in [4.78, 5) is 14.3. The van der Waals surface area contributed by atoms with Crippen molar-refractivity contribution in [1.29, 1.82) is 0 Å². The van der Waals surface area contributed by atoms with E-state index in [1.165, 1.54) is 19.4 Å². The van der Waals surface area contributed by atoms with Crippen LogP contribution in [0.2, 0.25) is 0 Å². The first kappa shape index (κ1) is 9.42. The minimum absolute atomic E-state index is 0.564. The number of oxime groups is 1. The number of nitrogens with zero attached hydrogens (tertiary/aromatic N) is 1. The first-order valence-electron chi connectivity index (χ1n) is 2.94. The maximum Gasteiger partial charge on any atom is 0.211 e. The van der Waals surface area contributed by atoms with E-state index in [9.17, 15) is 4.79 Å². The second-order valence-electron chi connectivity index (χ2n) is 1.53. The van der Waals surface area contributed by atoms with E-state index in [1.807, 2.05) is 0 Å². The molecule has 4 heteroatoms. The molecule has 1 amide bonds. The van der Waals surface area contributed by atoms with Crippen molar-refractivity contribution < 1.29 is 9.63 Å². The fourth-order valence-electron chi connectivity index (χ4n) is 0.415. The van der Waals surface area contributed by atoms with E-state index in [1.54, 1.807) is 6.08 Å². The van der Waals surface area contributed by atoms with Gasteiger partial charge in [-0.05, 0) is 12.2 Å². The van der Waals surface area contributed by atoms with Gasteiger partial charge >= 0.3 is 0 Å². The van der Waals surface area contributed by atoms with Gasteiger partial charge in [0.15, 0.2) is 0 Å². The van der Waals surface area contributed by atoms with Crippen LogP contribution in [0.5, 0.6) is 0 Å². The van der Waals surface area contributed by atoms with Gasteiger partial charge in [0.2, 0.25) is 6.41 Å². The van der Waals surface area contributed by atoms with Gasteiger partial charge in [0.25, 0.3) is 0 Å². The standard InChI is InChI=1S/C7H10N2O2/c1-3-7(8-6-10)4-5-9-11-2/h3-6H,1H2,2H3,(H,8,10)/b7-4+,9-5+. The lowest BCUT2D eigenvalue weighted by atomic mass is 10.4. The first-order chi connectivity index (χ1) is 5.35. The molecule has 0 heterocycles. The van der Waals surface area contributed by atoms with Crippen molar-refractivity contribution in [2.45, 2.75) is 0 Å². The summed E-state index contributed by atoms with van der Waals surface area (Å²) in [6, 6.07) is 0. The van der Waals surface area contributed by atoms with Crippen molar-refractivity contribution >= 4 is 12.6 Å². The largest absolute Gasteiger partial charge is 0.399 e. The number of allylic oxidation sites excluding steroid dienone is 2. The SMILES string of the molecule is C=C/C(=C\C=N\OC)NC=O. The fraction of sp³-hybridized carbons (Fsp3) is 0.143. The number of carbonyl (C=O) groups is 1. The molecule has 0 aliphatic heterocycles. The third-order valence-corrected chi connectivity index (χ3v) is 0.866. The Hall–Kier alpha value is -1.58. The topological polar surface area (TPSA) is 50.7 Å². The van der Waals surface area contributed by atoms with Crippen molar-refractivity contribution in [3.8, 4) is 0 Å². The van der Waals surface area contributed by atoms with Gasteiger partial charge in [0.1, 0.15) is 7.11 Å². The lowest BCUT2D eigenvalue weighted by Gasteiger charge is -1.93. The molecule has 0 aromatic rings. The van der Waals surface area contributed by atoms with Crippen LogP contribution in [-0.4, -0.2) is 19.7 Å². The average Bonchev–Trinajstić information content (AvgIpc) is 2.03. The fourth-order valence-corrected chi connectivity index (χ4v) is 0.415. The predicted molar refractivity (Wildman–Crippen MR) is 43.0 cm³/mol. The molecule has 60 valence electrons. The molecular formula is C7H10N2O2. The smallest absolute Gasteiger partial charge is 0.211 e. The van der Waals surface area contributed by atoms with Crippen LogP contribution in [-0.2, 0) is 9.63 Å². The summed E-state index contributed by atoms with van der Waals surface area (Å²) in [6.07, 6.45) is 5.03. The molecule has 0 aromatic heterocycles. The summed E-state index contributed by atoms with van der Waals surface area (Å²) >= 11 is 0. The molecule has 0 atom stereocenters. The number of rotatable bonds is 5. The molecule has 0 aromatic carbocycles. The van der Waals surface area contributed by atoms with Crippen LogP contribution < -0.4 is 5.32 Å². The number of hydrogen-bond acceptors (Lipinski definition) is 3. The molecule has 0 unspecified atom stereocenters. The number of amides is 1. The molecule has 0 bridgehead atoms. The molecule has 4 nitrogen and oxygen atoms in total. The zero-order valence-corrected chi connectivity index (χ0v) is 6.28. The van der Waals surface area contributed by atoms with Crippen molar-refractivity contribution in [3.05, 3.63) is 24.4 Å².